The lowest BCUT2D eigenvalue weighted by Crippen LogP contribution is -2.00. The largest absolute Gasteiger partial charge is 0.437 e. The van der Waals surface area contributed by atoms with Crippen LogP contribution in [0.1, 0.15) is 11.4 Å². The second kappa shape index (κ2) is 4.70. The van der Waals surface area contributed by atoms with Gasteiger partial charge < -0.3 is 10.5 Å². The van der Waals surface area contributed by atoms with E-state index >= 15 is 0 Å². The van der Waals surface area contributed by atoms with Gasteiger partial charge in [0.2, 0.25) is 5.88 Å². The summed E-state index contributed by atoms with van der Waals surface area (Å²) in [5.41, 5.74) is 8.28. The van der Waals surface area contributed by atoms with E-state index in [9.17, 15) is 0 Å². The molecule has 0 amide bonds. The number of aryl methyl sites for hydroxylation is 1. The van der Waals surface area contributed by atoms with Crippen LogP contribution in [0.2, 0.25) is 0 Å². The smallest absolute Gasteiger partial charge is 0.238 e. The monoisotopic (exact) mass is 254 g/mol. The SMILES string of the molecule is Cc1cc(Oc2cc(CN)nc3ccccc23)n[nH]1. The van der Waals surface area contributed by atoms with Crippen molar-refractivity contribution < 1.29 is 4.74 Å². The number of nitrogens with one attached hydrogen (secondary N) is 1. The Balaban J connectivity index is 2.10. The van der Waals surface area contributed by atoms with Gasteiger partial charge in [-0.05, 0) is 19.1 Å². The number of H-pyrrole nitrogens is 1. The Bertz CT molecular complexity index is 720. The van der Waals surface area contributed by atoms with Crippen LogP contribution >= 0.6 is 0 Å². The lowest BCUT2D eigenvalue weighted by Gasteiger charge is -2.08. The summed E-state index contributed by atoms with van der Waals surface area (Å²) >= 11 is 0. The van der Waals surface area contributed by atoms with Crippen LogP contribution in [0.4, 0.5) is 0 Å². The molecule has 0 atom stereocenters. The highest BCUT2D eigenvalue weighted by Crippen LogP contribution is 2.29. The van der Waals surface area contributed by atoms with Gasteiger partial charge in [0, 0.05) is 29.8 Å². The Morgan fingerprint density at radius 2 is 2.11 bits per heavy atom. The normalized spacial score (nSPS) is 10.8. The molecular formula is C14H14N4O. The van der Waals surface area contributed by atoms with Crippen LogP contribution in [-0.2, 0) is 6.54 Å². The minimum absolute atomic E-state index is 0.376. The van der Waals surface area contributed by atoms with Crippen LogP contribution in [0.15, 0.2) is 36.4 Å². The zero-order valence-corrected chi connectivity index (χ0v) is 10.6. The van der Waals surface area contributed by atoms with Crippen LogP contribution in [0.5, 0.6) is 11.6 Å². The summed E-state index contributed by atoms with van der Waals surface area (Å²) in [6.45, 7) is 2.30. The van der Waals surface area contributed by atoms with Crippen molar-refractivity contribution in [2.24, 2.45) is 5.73 Å². The van der Waals surface area contributed by atoms with E-state index in [2.05, 4.69) is 15.2 Å². The number of pyridine rings is 1. The third-order valence-corrected chi connectivity index (χ3v) is 2.84. The highest BCUT2D eigenvalue weighted by atomic mass is 16.5. The van der Waals surface area contributed by atoms with Gasteiger partial charge in [-0.25, -0.2) is 0 Å². The number of fused-ring (bicyclic) bond motifs is 1. The van der Waals surface area contributed by atoms with E-state index in [0.29, 0.717) is 12.4 Å². The molecule has 2 aromatic heterocycles. The number of hydrogen-bond acceptors (Lipinski definition) is 4. The molecular weight excluding hydrogens is 240 g/mol. The zero-order chi connectivity index (χ0) is 13.2. The van der Waals surface area contributed by atoms with Crippen molar-refractivity contribution in [3.63, 3.8) is 0 Å². The van der Waals surface area contributed by atoms with Crippen LogP contribution in [0.3, 0.4) is 0 Å². The van der Waals surface area contributed by atoms with Crippen LogP contribution < -0.4 is 10.5 Å². The third kappa shape index (κ3) is 2.28. The molecule has 19 heavy (non-hydrogen) atoms. The predicted octanol–water partition coefficient (Wildman–Crippen LogP) is 2.52. The van der Waals surface area contributed by atoms with Crippen LogP contribution in [0, 0.1) is 6.92 Å². The number of ether oxygens (including phenoxy) is 1. The van der Waals surface area contributed by atoms with Gasteiger partial charge in [0.15, 0.2) is 0 Å². The van der Waals surface area contributed by atoms with Crippen molar-refractivity contribution in [1.82, 2.24) is 15.2 Å². The molecule has 0 radical (unpaired) electrons. The Hall–Kier alpha value is -2.40. The molecule has 2 heterocycles. The van der Waals surface area contributed by atoms with Crippen molar-refractivity contribution in [1.29, 1.82) is 0 Å². The summed E-state index contributed by atoms with van der Waals surface area (Å²) in [4.78, 5) is 4.47. The zero-order valence-electron chi connectivity index (χ0n) is 10.6. The summed E-state index contributed by atoms with van der Waals surface area (Å²) < 4.78 is 5.82. The van der Waals surface area contributed by atoms with Gasteiger partial charge in [-0.1, -0.05) is 12.1 Å². The number of rotatable bonds is 3. The molecule has 0 fully saturated rings. The first kappa shape index (κ1) is 11.7. The molecule has 3 N–H and O–H groups in total. The molecule has 0 aliphatic heterocycles. The van der Waals surface area contributed by atoms with Gasteiger partial charge >= 0.3 is 0 Å². The molecule has 0 aliphatic rings. The molecule has 0 aliphatic carbocycles. The lowest BCUT2D eigenvalue weighted by molar-refractivity contribution is 0.465. The topological polar surface area (TPSA) is 76.8 Å². The predicted molar refractivity (Wildman–Crippen MR) is 73.0 cm³/mol. The third-order valence-electron chi connectivity index (χ3n) is 2.84. The Morgan fingerprint density at radius 3 is 2.84 bits per heavy atom. The molecule has 0 spiro atoms. The van der Waals surface area contributed by atoms with Gasteiger partial charge in [0.05, 0.1) is 11.2 Å². The fourth-order valence-electron chi connectivity index (χ4n) is 1.94. The summed E-state index contributed by atoms with van der Waals surface area (Å²) in [5.74, 6) is 1.26. The number of hydrogen-bond donors (Lipinski definition) is 2. The van der Waals surface area contributed by atoms with Crippen molar-refractivity contribution in [3.05, 3.63) is 47.8 Å². The lowest BCUT2D eigenvalue weighted by atomic mass is 10.2. The van der Waals surface area contributed by atoms with Gasteiger partial charge in [-0.3, -0.25) is 10.1 Å². The molecule has 0 bridgehead atoms. The maximum atomic E-state index is 5.82. The number of aromatic amines is 1. The van der Waals surface area contributed by atoms with Crippen molar-refractivity contribution in [2.75, 3.05) is 0 Å². The molecule has 5 nitrogen and oxygen atoms in total. The molecule has 5 heteroatoms. The van der Waals surface area contributed by atoms with Gasteiger partial charge in [-0.15, -0.1) is 5.10 Å². The first-order chi connectivity index (χ1) is 9.26. The Morgan fingerprint density at radius 1 is 1.26 bits per heavy atom. The number of para-hydroxylation sites is 1. The highest BCUT2D eigenvalue weighted by molar-refractivity contribution is 5.85. The maximum Gasteiger partial charge on any atom is 0.238 e. The second-order valence-electron chi connectivity index (χ2n) is 4.32. The Labute approximate surface area is 110 Å². The molecule has 0 saturated carbocycles. The quantitative estimate of drug-likeness (QED) is 0.753. The highest BCUT2D eigenvalue weighted by Gasteiger charge is 2.08. The summed E-state index contributed by atoms with van der Waals surface area (Å²) in [7, 11) is 0. The summed E-state index contributed by atoms with van der Waals surface area (Å²) in [5, 5.41) is 7.87. The number of nitrogens with zero attached hydrogens (tertiary/aromatic N) is 2. The van der Waals surface area contributed by atoms with E-state index < -0.39 is 0 Å². The first-order valence-electron chi connectivity index (χ1n) is 6.05. The van der Waals surface area contributed by atoms with Crippen molar-refractivity contribution >= 4 is 10.9 Å². The second-order valence-corrected chi connectivity index (χ2v) is 4.32. The molecule has 3 rings (SSSR count). The first-order valence-corrected chi connectivity index (χ1v) is 6.05. The van der Waals surface area contributed by atoms with E-state index in [1.54, 1.807) is 0 Å². The molecule has 1 aromatic carbocycles. The van der Waals surface area contributed by atoms with Crippen LogP contribution in [-0.4, -0.2) is 15.2 Å². The minimum atomic E-state index is 0.376. The average Bonchev–Trinajstić information content (AvgIpc) is 2.84. The standard InChI is InChI=1S/C14H14N4O/c1-9-6-14(18-17-9)19-13-7-10(8-15)16-12-5-3-2-4-11(12)13/h2-7H,8,15H2,1H3,(H,17,18). The fourth-order valence-corrected chi connectivity index (χ4v) is 1.94. The van der Waals surface area contributed by atoms with E-state index in [4.69, 9.17) is 10.5 Å². The van der Waals surface area contributed by atoms with Gasteiger partial charge in [-0.2, -0.15) is 0 Å². The number of benzene rings is 1. The van der Waals surface area contributed by atoms with E-state index in [-0.39, 0.29) is 0 Å². The van der Waals surface area contributed by atoms with E-state index in [1.165, 1.54) is 0 Å². The Kier molecular flexibility index (Phi) is 2.89. The molecule has 0 saturated heterocycles. The van der Waals surface area contributed by atoms with Gasteiger partial charge in [0.1, 0.15) is 5.75 Å². The van der Waals surface area contributed by atoms with Crippen LogP contribution in [0.25, 0.3) is 10.9 Å². The van der Waals surface area contributed by atoms with E-state index in [0.717, 1.165) is 28.0 Å². The average molecular weight is 254 g/mol. The molecule has 0 unspecified atom stereocenters. The minimum Gasteiger partial charge on any atom is -0.437 e. The summed E-state index contributed by atoms with van der Waals surface area (Å²) in [6.07, 6.45) is 0. The van der Waals surface area contributed by atoms with Crippen molar-refractivity contribution in [3.8, 4) is 11.6 Å². The summed E-state index contributed by atoms with van der Waals surface area (Å²) in [6, 6.07) is 11.5. The van der Waals surface area contributed by atoms with E-state index in [1.807, 2.05) is 43.3 Å². The number of aromatic nitrogens is 3. The number of nitrogens with two attached hydrogens (primary N) is 1. The van der Waals surface area contributed by atoms with Gasteiger partial charge in [0.25, 0.3) is 0 Å². The molecule has 96 valence electrons. The molecule has 3 aromatic rings. The fraction of sp³-hybridized carbons (Fsp3) is 0.143. The van der Waals surface area contributed by atoms with Crippen molar-refractivity contribution in [2.45, 2.75) is 13.5 Å². The maximum absolute atomic E-state index is 5.82.